The smallest absolute Gasteiger partial charge is 0.362 e. The highest BCUT2D eigenvalue weighted by molar-refractivity contribution is 6.06. The molecule has 52 heavy (non-hydrogen) atoms. The molecule has 0 aliphatic carbocycles. The van der Waals surface area contributed by atoms with Gasteiger partial charge in [0.1, 0.15) is 0 Å². The second-order valence-corrected chi connectivity index (χ2v) is 12.3. The zero-order valence-electron chi connectivity index (χ0n) is 26.8. The Morgan fingerprint density at radius 2 is 0.981 bits per heavy atom. The number of rotatable bonds is 6. The quantitative estimate of drug-likeness (QED) is 0.175. The molecule has 0 saturated carbocycles. The Morgan fingerprint density at radius 3 is 1.42 bits per heavy atom. The fourth-order valence-electron chi connectivity index (χ4n) is 6.04. The number of halogens is 6. The highest BCUT2D eigenvalue weighted by Crippen LogP contribution is 2.44. The van der Waals surface area contributed by atoms with Crippen molar-refractivity contribution in [2.24, 2.45) is 10.2 Å². The molecule has 7 rings (SSSR count). The van der Waals surface area contributed by atoms with Gasteiger partial charge in [-0.2, -0.15) is 41.6 Å². The highest BCUT2D eigenvalue weighted by Gasteiger charge is 2.64. The molecule has 1 amide bonds. The summed E-state index contributed by atoms with van der Waals surface area (Å²) in [5.74, 6) is -1.95. The number of aromatic nitrogens is 1. The second-order valence-electron chi connectivity index (χ2n) is 12.3. The van der Waals surface area contributed by atoms with Crippen LogP contribution < -0.4 is 5.01 Å². The standard InChI is InChI=1S/C38H27F6N5O3/c39-37(40,41)35(51)21-31(28-15-11-26(12-16-28)24-7-3-1-4-8-24)46-48(35)33-20-19-30(23-45-33)34(50)49-36(52,38(42,43)44)22-32(47-49)29-17-13-27(14-18-29)25-9-5-2-6-10-25/h1-20,23,51-52H,21-22H2. The molecule has 3 heterocycles. The van der Waals surface area contributed by atoms with E-state index < -0.39 is 53.9 Å². The number of alkyl halides is 6. The van der Waals surface area contributed by atoms with Gasteiger partial charge < -0.3 is 10.2 Å². The Balaban J connectivity index is 1.17. The largest absolute Gasteiger partial charge is 0.438 e. The number of amides is 1. The van der Waals surface area contributed by atoms with Crippen molar-refractivity contribution < 1.29 is 41.4 Å². The summed E-state index contributed by atoms with van der Waals surface area (Å²) in [7, 11) is 0. The summed E-state index contributed by atoms with van der Waals surface area (Å²) in [5, 5.41) is 29.8. The van der Waals surface area contributed by atoms with Gasteiger partial charge in [-0.3, -0.25) is 4.79 Å². The topological polar surface area (TPSA) is 102 Å². The molecule has 2 N–H and O–H groups in total. The number of anilines is 1. The highest BCUT2D eigenvalue weighted by atomic mass is 19.4. The van der Waals surface area contributed by atoms with Crippen LogP contribution >= 0.6 is 0 Å². The minimum absolute atomic E-state index is 0.0958. The van der Waals surface area contributed by atoms with Gasteiger partial charge in [0.25, 0.3) is 17.4 Å². The fraction of sp³-hybridized carbons (Fsp3) is 0.158. The number of benzene rings is 4. The third kappa shape index (κ3) is 6.09. The minimum atomic E-state index is -5.34. The fourth-order valence-corrected chi connectivity index (χ4v) is 6.04. The number of hydrogen-bond donors (Lipinski definition) is 2. The zero-order valence-corrected chi connectivity index (χ0v) is 26.8. The van der Waals surface area contributed by atoms with Crippen LogP contribution in [0.15, 0.2) is 138 Å². The molecule has 2 aliphatic heterocycles. The summed E-state index contributed by atoms with van der Waals surface area (Å²) in [6.45, 7) is 0. The van der Waals surface area contributed by atoms with E-state index in [1.165, 1.54) is 12.1 Å². The first kappa shape index (κ1) is 34.6. The molecule has 0 bridgehead atoms. The Hall–Kier alpha value is -5.86. The predicted octanol–water partition coefficient (Wildman–Crippen LogP) is 7.78. The van der Waals surface area contributed by atoms with Crippen molar-refractivity contribution in [3.8, 4) is 22.3 Å². The summed E-state index contributed by atoms with van der Waals surface area (Å²) >= 11 is 0. The van der Waals surface area contributed by atoms with Gasteiger partial charge in [0, 0.05) is 6.20 Å². The molecule has 4 aromatic carbocycles. The van der Waals surface area contributed by atoms with Crippen molar-refractivity contribution in [2.75, 3.05) is 5.01 Å². The van der Waals surface area contributed by atoms with Crippen LogP contribution in [0.25, 0.3) is 22.3 Å². The first-order valence-corrected chi connectivity index (χ1v) is 15.8. The molecule has 2 aliphatic rings. The van der Waals surface area contributed by atoms with Crippen LogP contribution in [-0.4, -0.2) is 61.3 Å². The van der Waals surface area contributed by atoms with Gasteiger partial charge in [0.05, 0.1) is 29.8 Å². The van der Waals surface area contributed by atoms with E-state index >= 15 is 0 Å². The Morgan fingerprint density at radius 1 is 0.558 bits per heavy atom. The average molecular weight is 716 g/mol. The second kappa shape index (κ2) is 12.7. The third-order valence-electron chi connectivity index (χ3n) is 8.93. The van der Waals surface area contributed by atoms with Gasteiger partial charge in [-0.25, -0.2) is 9.99 Å². The van der Waals surface area contributed by atoms with Crippen molar-refractivity contribution in [1.82, 2.24) is 9.99 Å². The molecular formula is C38H27F6N5O3. The maximum absolute atomic E-state index is 14.3. The average Bonchev–Trinajstić information content (AvgIpc) is 3.71. The van der Waals surface area contributed by atoms with Crippen LogP contribution in [0.3, 0.4) is 0 Å². The summed E-state index contributed by atoms with van der Waals surface area (Å²) in [5.41, 5.74) is -4.23. The molecule has 14 heteroatoms. The van der Waals surface area contributed by atoms with Gasteiger partial charge in [0.2, 0.25) is 0 Å². The van der Waals surface area contributed by atoms with E-state index in [4.69, 9.17) is 0 Å². The number of hydrogen-bond acceptors (Lipinski definition) is 7. The molecule has 2 unspecified atom stereocenters. The van der Waals surface area contributed by atoms with Crippen molar-refractivity contribution in [3.63, 3.8) is 0 Å². The van der Waals surface area contributed by atoms with E-state index in [9.17, 15) is 41.4 Å². The van der Waals surface area contributed by atoms with E-state index in [0.29, 0.717) is 5.56 Å². The van der Waals surface area contributed by atoms with Gasteiger partial charge >= 0.3 is 12.4 Å². The Kier molecular flexibility index (Phi) is 8.46. The van der Waals surface area contributed by atoms with Gasteiger partial charge in [-0.15, -0.1) is 0 Å². The molecule has 5 aromatic rings. The first-order valence-electron chi connectivity index (χ1n) is 15.8. The molecule has 0 fully saturated rings. The number of carbonyl (C=O) groups is 1. The molecule has 1 aromatic heterocycles. The monoisotopic (exact) mass is 715 g/mol. The molecule has 0 spiro atoms. The van der Waals surface area contributed by atoms with Gasteiger partial charge in [-0.1, -0.05) is 109 Å². The zero-order chi connectivity index (χ0) is 36.9. The van der Waals surface area contributed by atoms with E-state index in [0.717, 1.165) is 40.6 Å². The van der Waals surface area contributed by atoms with Crippen molar-refractivity contribution in [3.05, 3.63) is 144 Å². The SMILES string of the molecule is O=C(c1ccc(N2N=C(c3ccc(-c4ccccc4)cc3)CC2(O)C(F)(F)F)nc1)N1N=C(c2ccc(-c3ccccc3)cc2)CC1(O)C(F)(F)F. The predicted molar refractivity (Wildman–Crippen MR) is 181 cm³/mol. The van der Waals surface area contributed by atoms with Crippen LogP contribution in [0.1, 0.15) is 34.3 Å². The summed E-state index contributed by atoms with van der Waals surface area (Å²) in [6, 6.07) is 33.2. The molecule has 0 saturated heterocycles. The normalized spacial score (nSPS) is 20.5. The number of nitrogens with zero attached hydrogens (tertiary/aromatic N) is 5. The van der Waals surface area contributed by atoms with E-state index in [1.54, 1.807) is 36.4 Å². The van der Waals surface area contributed by atoms with Crippen LogP contribution in [-0.2, 0) is 0 Å². The van der Waals surface area contributed by atoms with Crippen molar-refractivity contribution in [1.29, 1.82) is 0 Å². The number of aliphatic hydroxyl groups is 2. The molecule has 8 nitrogen and oxygen atoms in total. The van der Waals surface area contributed by atoms with Gasteiger partial charge in [0.15, 0.2) is 5.82 Å². The molecule has 2 atom stereocenters. The molecule has 264 valence electrons. The van der Waals surface area contributed by atoms with E-state index in [-0.39, 0.29) is 27.0 Å². The lowest BCUT2D eigenvalue weighted by molar-refractivity contribution is -0.297. The minimum Gasteiger partial charge on any atom is -0.362 e. The lowest BCUT2D eigenvalue weighted by Gasteiger charge is -2.33. The van der Waals surface area contributed by atoms with E-state index in [1.807, 2.05) is 60.7 Å². The molecule has 0 radical (unpaired) electrons. The number of carbonyl (C=O) groups excluding carboxylic acids is 1. The Labute approximate surface area is 292 Å². The molecular weight excluding hydrogens is 688 g/mol. The summed E-state index contributed by atoms with van der Waals surface area (Å²) in [4.78, 5) is 17.3. The van der Waals surface area contributed by atoms with Crippen LogP contribution in [0.4, 0.5) is 32.2 Å². The lowest BCUT2D eigenvalue weighted by Crippen LogP contribution is -2.56. The van der Waals surface area contributed by atoms with Crippen molar-refractivity contribution >= 4 is 23.1 Å². The maximum atomic E-state index is 14.3. The van der Waals surface area contributed by atoms with Crippen LogP contribution in [0.2, 0.25) is 0 Å². The number of hydrazone groups is 2. The van der Waals surface area contributed by atoms with Crippen LogP contribution in [0, 0.1) is 0 Å². The summed E-state index contributed by atoms with van der Waals surface area (Å²) < 4.78 is 86.0. The van der Waals surface area contributed by atoms with Gasteiger partial charge in [-0.05, 0) is 45.5 Å². The lowest BCUT2D eigenvalue weighted by atomic mass is 9.98. The maximum Gasteiger partial charge on any atom is 0.438 e. The van der Waals surface area contributed by atoms with Crippen LogP contribution in [0.5, 0.6) is 0 Å². The summed E-state index contributed by atoms with van der Waals surface area (Å²) in [6.07, 6.45) is -11.9. The Bertz CT molecular complexity index is 2160. The first-order chi connectivity index (χ1) is 24.7. The third-order valence-corrected chi connectivity index (χ3v) is 8.93. The van der Waals surface area contributed by atoms with Crippen molar-refractivity contribution in [2.45, 2.75) is 36.6 Å². The number of pyridine rings is 1. The van der Waals surface area contributed by atoms with E-state index in [2.05, 4.69) is 15.2 Å².